The van der Waals surface area contributed by atoms with E-state index in [1.165, 1.54) is 38.5 Å². The second-order valence-corrected chi connectivity index (χ2v) is 9.73. The molecule has 2 amide bonds. The van der Waals surface area contributed by atoms with Crippen LogP contribution in [0.25, 0.3) is 0 Å². The van der Waals surface area contributed by atoms with Crippen LogP contribution in [0.1, 0.15) is 70.3 Å². The Morgan fingerprint density at radius 3 is 2.39 bits per heavy atom. The molecular weight excluding hydrogens is 418 g/mol. The molecule has 1 aliphatic heterocycles. The molecule has 4 unspecified atom stereocenters. The highest BCUT2D eigenvalue weighted by Gasteiger charge is 2.38. The van der Waals surface area contributed by atoms with Crippen LogP contribution < -0.4 is 21.3 Å². The van der Waals surface area contributed by atoms with Crippen molar-refractivity contribution in [3.05, 3.63) is 29.8 Å². The van der Waals surface area contributed by atoms with Crippen LogP contribution in [-0.2, 0) is 0 Å². The van der Waals surface area contributed by atoms with Gasteiger partial charge >= 0.3 is 6.03 Å². The van der Waals surface area contributed by atoms with E-state index >= 15 is 0 Å². The van der Waals surface area contributed by atoms with Crippen LogP contribution in [0.5, 0.6) is 0 Å². The van der Waals surface area contributed by atoms with E-state index in [-0.39, 0.29) is 31.1 Å². The van der Waals surface area contributed by atoms with Gasteiger partial charge in [-0.05, 0) is 45.2 Å². The number of carbonyl (C=O) groups is 1. The number of urea groups is 1. The van der Waals surface area contributed by atoms with Gasteiger partial charge in [0, 0.05) is 24.3 Å². The number of aryl methyl sites for hydroxylation is 1. The first-order valence-corrected chi connectivity index (χ1v) is 12.7. The summed E-state index contributed by atoms with van der Waals surface area (Å²) in [6.45, 7) is 4.19. The largest absolute Gasteiger partial charge is 0.394 e. The third-order valence-electron chi connectivity index (χ3n) is 6.80. The number of nitrogens with zero attached hydrogens (tertiary/aromatic N) is 1. The minimum Gasteiger partial charge on any atom is -0.394 e. The van der Waals surface area contributed by atoms with E-state index < -0.39 is 6.10 Å². The lowest BCUT2D eigenvalue weighted by Crippen LogP contribution is -2.71. The van der Waals surface area contributed by atoms with E-state index in [1.54, 1.807) is 0 Å². The Labute approximate surface area is 198 Å². The highest BCUT2D eigenvalue weighted by atomic mass is 16.3. The predicted octanol–water partition coefficient (Wildman–Crippen LogP) is 2.86. The molecule has 0 bridgehead atoms. The van der Waals surface area contributed by atoms with E-state index in [0.717, 1.165) is 30.5 Å². The number of amides is 2. The predicted molar refractivity (Wildman–Crippen MR) is 132 cm³/mol. The van der Waals surface area contributed by atoms with Gasteiger partial charge in [0.25, 0.3) is 0 Å². The Balaban J connectivity index is 1.75. The minimum absolute atomic E-state index is 0.00196. The first-order chi connectivity index (χ1) is 16.0. The fraction of sp³-hybridized carbons (Fsp3) is 0.720. The molecule has 1 aliphatic carbocycles. The molecule has 1 saturated carbocycles. The third kappa shape index (κ3) is 8.22. The summed E-state index contributed by atoms with van der Waals surface area (Å²) in [4.78, 5) is 15.3. The topological polar surface area (TPSA) is 109 Å². The molecule has 0 aromatic heterocycles. The van der Waals surface area contributed by atoms with Crippen molar-refractivity contribution >= 4 is 11.7 Å². The number of aliphatic hydroxyl groups excluding tert-OH is 2. The molecule has 1 aromatic rings. The summed E-state index contributed by atoms with van der Waals surface area (Å²) in [5, 5.41) is 32.4. The summed E-state index contributed by atoms with van der Waals surface area (Å²) >= 11 is 0. The van der Waals surface area contributed by atoms with Gasteiger partial charge in [0.1, 0.15) is 6.29 Å². The summed E-state index contributed by atoms with van der Waals surface area (Å²) in [5.74, 6) is 0. The van der Waals surface area contributed by atoms with Crippen LogP contribution in [0.2, 0.25) is 0 Å². The summed E-state index contributed by atoms with van der Waals surface area (Å²) in [5.41, 5.74) is 1.91. The van der Waals surface area contributed by atoms with Crippen molar-refractivity contribution in [2.24, 2.45) is 0 Å². The second kappa shape index (κ2) is 13.2. The molecule has 8 heteroatoms. The van der Waals surface area contributed by atoms with Crippen LogP contribution >= 0.6 is 0 Å². The quantitative estimate of drug-likeness (QED) is 0.373. The fourth-order valence-electron chi connectivity index (χ4n) is 5.00. The fourth-order valence-corrected chi connectivity index (χ4v) is 5.00. The highest BCUT2D eigenvalue weighted by molar-refractivity contribution is 5.89. The molecule has 0 radical (unpaired) electrons. The van der Waals surface area contributed by atoms with Gasteiger partial charge in [0.15, 0.2) is 0 Å². The van der Waals surface area contributed by atoms with Crippen molar-refractivity contribution in [1.29, 1.82) is 0 Å². The molecule has 8 nitrogen and oxygen atoms in total. The number of aliphatic hydroxyl groups is 2. The van der Waals surface area contributed by atoms with Crippen molar-refractivity contribution in [1.82, 2.24) is 20.9 Å². The van der Waals surface area contributed by atoms with Crippen LogP contribution in [-0.4, -0.2) is 64.9 Å². The van der Waals surface area contributed by atoms with E-state index in [0.29, 0.717) is 12.6 Å². The molecule has 186 valence electrons. The van der Waals surface area contributed by atoms with Crippen molar-refractivity contribution in [3.8, 4) is 0 Å². The van der Waals surface area contributed by atoms with Crippen LogP contribution in [0.4, 0.5) is 10.5 Å². The van der Waals surface area contributed by atoms with Crippen molar-refractivity contribution < 1.29 is 15.0 Å². The van der Waals surface area contributed by atoms with Gasteiger partial charge in [0.05, 0.1) is 18.9 Å². The van der Waals surface area contributed by atoms with Crippen molar-refractivity contribution in [2.75, 3.05) is 18.5 Å². The average Bonchev–Trinajstić information content (AvgIpc) is 2.93. The van der Waals surface area contributed by atoms with Crippen LogP contribution in [0.15, 0.2) is 24.3 Å². The number of anilines is 1. The van der Waals surface area contributed by atoms with Crippen molar-refractivity contribution in [2.45, 2.75) is 102 Å². The van der Waals surface area contributed by atoms with E-state index in [1.807, 2.05) is 31.2 Å². The molecule has 1 aromatic carbocycles. The van der Waals surface area contributed by atoms with Gasteiger partial charge in [-0.25, -0.2) is 4.79 Å². The molecule has 1 heterocycles. The summed E-state index contributed by atoms with van der Waals surface area (Å²) in [7, 11) is 0. The highest BCUT2D eigenvalue weighted by Crippen LogP contribution is 2.27. The van der Waals surface area contributed by atoms with Crippen molar-refractivity contribution in [3.63, 3.8) is 0 Å². The van der Waals surface area contributed by atoms with Gasteiger partial charge < -0.3 is 20.8 Å². The Bertz CT molecular complexity index is 706. The van der Waals surface area contributed by atoms with Crippen LogP contribution in [0, 0.1) is 6.92 Å². The monoisotopic (exact) mass is 461 g/mol. The Kier molecular flexibility index (Phi) is 10.4. The number of carbonyl (C=O) groups excluding carboxylic acids is 1. The Morgan fingerprint density at radius 2 is 1.76 bits per heavy atom. The molecule has 4 atom stereocenters. The zero-order valence-corrected chi connectivity index (χ0v) is 20.2. The summed E-state index contributed by atoms with van der Waals surface area (Å²) < 4.78 is 0. The summed E-state index contributed by atoms with van der Waals surface area (Å²) in [6.07, 6.45) is 9.38. The van der Waals surface area contributed by atoms with Gasteiger partial charge in [0.2, 0.25) is 0 Å². The molecule has 1 saturated heterocycles. The van der Waals surface area contributed by atoms with E-state index in [9.17, 15) is 15.0 Å². The number of rotatable bonds is 7. The number of nitrogens with one attached hydrogen (secondary N) is 4. The van der Waals surface area contributed by atoms with Gasteiger partial charge in [-0.3, -0.25) is 15.5 Å². The first kappa shape index (κ1) is 25.9. The smallest absolute Gasteiger partial charge is 0.321 e. The average molecular weight is 462 g/mol. The normalized spacial score (nSPS) is 26.6. The first-order valence-electron chi connectivity index (χ1n) is 12.7. The molecule has 3 rings (SSSR count). The molecule has 2 aliphatic rings. The van der Waals surface area contributed by atoms with E-state index in [4.69, 9.17) is 0 Å². The zero-order valence-electron chi connectivity index (χ0n) is 20.2. The van der Waals surface area contributed by atoms with Gasteiger partial charge in [-0.2, -0.15) is 0 Å². The summed E-state index contributed by atoms with van der Waals surface area (Å²) in [6, 6.07) is 8.04. The van der Waals surface area contributed by atoms with Gasteiger partial charge in [-0.1, -0.05) is 56.2 Å². The maximum Gasteiger partial charge on any atom is 0.321 e. The SMILES string of the molecule is Cc1ccc(NC(=O)NC2NC(C)CC(NCC(O)CO)N2C2CCCCCCCC2)cc1. The molecule has 33 heavy (non-hydrogen) atoms. The lowest BCUT2D eigenvalue weighted by Gasteiger charge is -2.49. The number of benzene rings is 1. The van der Waals surface area contributed by atoms with E-state index in [2.05, 4.69) is 33.1 Å². The maximum atomic E-state index is 12.9. The number of hydrogen-bond acceptors (Lipinski definition) is 6. The second-order valence-electron chi connectivity index (χ2n) is 9.73. The Morgan fingerprint density at radius 1 is 1.12 bits per heavy atom. The Hall–Kier alpha value is -1.71. The molecule has 6 N–H and O–H groups in total. The number of hydrogen-bond donors (Lipinski definition) is 6. The minimum atomic E-state index is -0.797. The zero-order chi connectivity index (χ0) is 23.6. The molecular formula is C25H43N5O3. The third-order valence-corrected chi connectivity index (χ3v) is 6.80. The van der Waals surface area contributed by atoms with Gasteiger partial charge in [-0.15, -0.1) is 0 Å². The standard InChI is InChI=1S/C25H43N5O3/c1-18-11-13-20(14-12-18)28-25(33)29-24-27-19(2)15-23(26-16-22(32)17-31)30(24)21-9-7-5-3-4-6-8-10-21/h11-14,19,21-24,26-27,31-32H,3-10,15-17H2,1-2H3,(H2,28,29,33). The maximum absolute atomic E-state index is 12.9. The molecule has 2 fully saturated rings. The molecule has 0 spiro atoms. The lowest BCUT2D eigenvalue weighted by molar-refractivity contribution is -0.0274. The lowest BCUT2D eigenvalue weighted by atomic mass is 9.99. The van der Waals surface area contributed by atoms with Crippen LogP contribution in [0.3, 0.4) is 0 Å².